The van der Waals surface area contributed by atoms with Gasteiger partial charge >= 0.3 is 6.03 Å². The first-order valence-corrected chi connectivity index (χ1v) is 15.0. The smallest absolute Gasteiger partial charge is 0.314 e. The molecule has 214 valence electrons. The highest BCUT2D eigenvalue weighted by atomic mass is 35.5. The fourth-order valence-electron chi connectivity index (χ4n) is 6.88. The van der Waals surface area contributed by atoms with E-state index in [1.165, 1.54) is 16.7 Å². The van der Waals surface area contributed by atoms with Gasteiger partial charge in [0.2, 0.25) is 5.91 Å². The van der Waals surface area contributed by atoms with Crippen LogP contribution in [-0.4, -0.2) is 62.5 Å². The molecule has 1 aromatic carbocycles. The molecular formula is C32H37ClN6O2. The van der Waals surface area contributed by atoms with Gasteiger partial charge in [-0.2, -0.15) is 0 Å². The van der Waals surface area contributed by atoms with Gasteiger partial charge in [-0.1, -0.05) is 23.7 Å². The van der Waals surface area contributed by atoms with Crippen molar-refractivity contribution in [2.45, 2.75) is 51.5 Å². The summed E-state index contributed by atoms with van der Waals surface area (Å²) in [7, 11) is 0. The molecule has 3 aromatic rings. The summed E-state index contributed by atoms with van der Waals surface area (Å²) in [6.45, 7) is 5.51. The number of aromatic nitrogens is 3. The molecule has 1 aliphatic carbocycles. The number of allylic oxidation sites excluding steroid dienone is 1. The summed E-state index contributed by atoms with van der Waals surface area (Å²) in [5.41, 5.74) is 11.3. The molecule has 0 spiro atoms. The molecule has 2 N–H and O–H groups in total. The van der Waals surface area contributed by atoms with Crippen molar-refractivity contribution in [3.05, 3.63) is 82.2 Å². The number of nitrogens with zero attached hydrogens (tertiary/aromatic N) is 5. The zero-order valence-electron chi connectivity index (χ0n) is 23.5. The monoisotopic (exact) mass is 572 g/mol. The standard InChI is InChI=1S/C32H37ClN6O2/c1-21-35-11-16-39(21)20-25-18-24-19-26(33)4-5-27(24)30(31-28(25)3-2-10-36-31)23-8-14-37(15-9-23)29(40)17-22-6-12-38(13-7-22)32(34)41/h2-5,10-11,16,18-19,22-23,30H,6-9,12-15,17,20H2,1H3,(H2,34,41). The minimum atomic E-state index is -0.366. The molecule has 2 aromatic heterocycles. The molecule has 2 saturated heterocycles. The van der Waals surface area contributed by atoms with E-state index in [0.29, 0.717) is 37.9 Å². The van der Waals surface area contributed by atoms with Crippen molar-refractivity contribution in [2.24, 2.45) is 17.6 Å². The van der Waals surface area contributed by atoms with Gasteiger partial charge in [-0.05, 0) is 85.4 Å². The number of piperidine rings is 2. The molecule has 3 aliphatic rings. The molecular weight excluding hydrogens is 536 g/mol. The minimum absolute atomic E-state index is 0.117. The molecule has 41 heavy (non-hydrogen) atoms. The topological polar surface area (TPSA) is 97.4 Å². The van der Waals surface area contributed by atoms with E-state index in [0.717, 1.165) is 60.9 Å². The van der Waals surface area contributed by atoms with Crippen LogP contribution in [0, 0.1) is 18.8 Å². The van der Waals surface area contributed by atoms with Gasteiger partial charge in [-0.3, -0.25) is 9.78 Å². The van der Waals surface area contributed by atoms with Gasteiger partial charge in [-0.15, -0.1) is 0 Å². The van der Waals surface area contributed by atoms with Crippen LogP contribution in [0.1, 0.15) is 66.2 Å². The highest BCUT2D eigenvalue weighted by Crippen LogP contribution is 2.45. The van der Waals surface area contributed by atoms with Crippen LogP contribution in [0.15, 0.2) is 48.9 Å². The van der Waals surface area contributed by atoms with Crippen molar-refractivity contribution >= 4 is 35.2 Å². The van der Waals surface area contributed by atoms with Crippen molar-refractivity contribution in [1.29, 1.82) is 0 Å². The number of primary amides is 1. The molecule has 1 atom stereocenters. The average molecular weight is 573 g/mol. The summed E-state index contributed by atoms with van der Waals surface area (Å²) < 4.78 is 2.16. The summed E-state index contributed by atoms with van der Waals surface area (Å²) in [6, 6.07) is 10.1. The number of nitrogens with two attached hydrogens (primary N) is 1. The molecule has 3 amide bonds. The van der Waals surface area contributed by atoms with Gasteiger partial charge in [0.25, 0.3) is 0 Å². The van der Waals surface area contributed by atoms with Crippen LogP contribution in [-0.2, 0) is 11.3 Å². The van der Waals surface area contributed by atoms with Crippen LogP contribution in [0.3, 0.4) is 0 Å². The number of halogens is 1. The number of hydrogen-bond acceptors (Lipinski definition) is 4. The van der Waals surface area contributed by atoms with E-state index in [-0.39, 0.29) is 17.9 Å². The molecule has 2 fully saturated rings. The number of amides is 3. The summed E-state index contributed by atoms with van der Waals surface area (Å²) in [5.74, 6) is 1.99. The maximum atomic E-state index is 13.3. The van der Waals surface area contributed by atoms with Gasteiger partial charge in [-0.25, -0.2) is 9.78 Å². The second-order valence-electron chi connectivity index (χ2n) is 11.7. The molecule has 0 bridgehead atoms. The Morgan fingerprint density at radius 2 is 1.76 bits per heavy atom. The number of likely N-dealkylation sites (tertiary alicyclic amines) is 2. The molecule has 6 rings (SSSR count). The van der Waals surface area contributed by atoms with Gasteiger partial charge in [0.1, 0.15) is 5.82 Å². The van der Waals surface area contributed by atoms with Crippen LogP contribution in [0.5, 0.6) is 0 Å². The minimum Gasteiger partial charge on any atom is -0.351 e. The van der Waals surface area contributed by atoms with E-state index >= 15 is 0 Å². The van der Waals surface area contributed by atoms with E-state index in [2.05, 4.69) is 33.8 Å². The number of urea groups is 1. The molecule has 4 heterocycles. The van der Waals surface area contributed by atoms with E-state index in [9.17, 15) is 9.59 Å². The number of pyridine rings is 1. The number of benzene rings is 1. The number of imidazole rings is 1. The Morgan fingerprint density at radius 1 is 1.00 bits per heavy atom. The third-order valence-electron chi connectivity index (χ3n) is 9.21. The zero-order valence-corrected chi connectivity index (χ0v) is 24.3. The van der Waals surface area contributed by atoms with Crippen molar-refractivity contribution < 1.29 is 9.59 Å². The second-order valence-corrected chi connectivity index (χ2v) is 12.1. The third kappa shape index (κ3) is 5.75. The second kappa shape index (κ2) is 11.7. The molecule has 1 unspecified atom stereocenters. The summed E-state index contributed by atoms with van der Waals surface area (Å²) in [6.07, 6.45) is 12.1. The Morgan fingerprint density at radius 3 is 2.46 bits per heavy atom. The first-order valence-electron chi connectivity index (χ1n) is 14.6. The number of aryl methyl sites for hydroxylation is 1. The van der Waals surface area contributed by atoms with Gasteiger partial charge < -0.3 is 20.1 Å². The number of hydrogen-bond donors (Lipinski definition) is 1. The SMILES string of the molecule is Cc1nccn1CC1=Cc2cc(Cl)ccc2C(C2CCN(C(=O)CC3CCN(C(N)=O)CC3)CC2)c2ncccc21. The highest BCUT2D eigenvalue weighted by Gasteiger charge is 2.36. The van der Waals surface area contributed by atoms with Crippen LogP contribution in [0.25, 0.3) is 11.6 Å². The van der Waals surface area contributed by atoms with Crippen molar-refractivity contribution in [3.63, 3.8) is 0 Å². The number of rotatable bonds is 5. The van der Waals surface area contributed by atoms with E-state index < -0.39 is 0 Å². The number of carbonyl (C=O) groups is 2. The summed E-state index contributed by atoms with van der Waals surface area (Å²) in [5, 5.41) is 0.720. The van der Waals surface area contributed by atoms with E-state index in [1.54, 1.807) is 4.90 Å². The first-order chi connectivity index (χ1) is 19.9. The average Bonchev–Trinajstić information content (AvgIpc) is 3.32. The van der Waals surface area contributed by atoms with Crippen LogP contribution >= 0.6 is 11.6 Å². The maximum absolute atomic E-state index is 13.3. The third-order valence-corrected chi connectivity index (χ3v) is 9.45. The Bertz CT molecular complexity index is 1470. The Kier molecular flexibility index (Phi) is 7.84. The van der Waals surface area contributed by atoms with E-state index in [4.69, 9.17) is 22.3 Å². The van der Waals surface area contributed by atoms with Crippen molar-refractivity contribution in [3.8, 4) is 0 Å². The van der Waals surface area contributed by atoms with Gasteiger partial charge in [0, 0.05) is 74.2 Å². The lowest BCUT2D eigenvalue weighted by Gasteiger charge is -2.38. The number of fused-ring (bicyclic) bond motifs is 2. The van der Waals surface area contributed by atoms with Crippen LogP contribution in [0.4, 0.5) is 4.79 Å². The Labute approximate surface area is 246 Å². The molecule has 9 heteroatoms. The van der Waals surface area contributed by atoms with Crippen LogP contribution < -0.4 is 5.73 Å². The first kappa shape index (κ1) is 27.5. The summed E-state index contributed by atoms with van der Waals surface area (Å²) in [4.78, 5) is 37.8. The Balaban J connectivity index is 1.21. The van der Waals surface area contributed by atoms with Gasteiger partial charge in [0.15, 0.2) is 0 Å². The largest absolute Gasteiger partial charge is 0.351 e. The fourth-order valence-corrected chi connectivity index (χ4v) is 7.06. The number of carbonyl (C=O) groups excluding carboxylic acids is 2. The normalized spacial score (nSPS) is 19.8. The Hall–Kier alpha value is -3.65. The maximum Gasteiger partial charge on any atom is 0.314 e. The molecule has 0 radical (unpaired) electrons. The highest BCUT2D eigenvalue weighted by molar-refractivity contribution is 6.30. The van der Waals surface area contributed by atoms with Crippen molar-refractivity contribution in [1.82, 2.24) is 24.3 Å². The summed E-state index contributed by atoms with van der Waals surface area (Å²) >= 11 is 6.52. The molecule has 2 aliphatic heterocycles. The zero-order chi connectivity index (χ0) is 28.5. The molecule has 8 nitrogen and oxygen atoms in total. The quantitative estimate of drug-likeness (QED) is 0.446. The lowest BCUT2D eigenvalue weighted by atomic mass is 9.76. The predicted octanol–water partition coefficient (Wildman–Crippen LogP) is 5.35. The van der Waals surface area contributed by atoms with Crippen LogP contribution in [0.2, 0.25) is 5.02 Å². The van der Waals surface area contributed by atoms with Crippen molar-refractivity contribution in [2.75, 3.05) is 26.2 Å². The fraction of sp³-hybridized carbons (Fsp3) is 0.438. The lowest BCUT2D eigenvalue weighted by molar-refractivity contribution is -0.134. The lowest BCUT2D eigenvalue weighted by Crippen LogP contribution is -2.44. The molecule has 0 saturated carbocycles. The van der Waals surface area contributed by atoms with E-state index in [1.807, 2.05) is 42.5 Å². The van der Waals surface area contributed by atoms with Gasteiger partial charge in [0.05, 0.1) is 5.69 Å². The predicted molar refractivity (Wildman–Crippen MR) is 160 cm³/mol.